The van der Waals surface area contributed by atoms with Gasteiger partial charge in [0.25, 0.3) is 0 Å². The molecule has 0 rings (SSSR count). The van der Waals surface area contributed by atoms with Gasteiger partial charge in [-0.1, -0.05) is 0 Å². The fourth-order valence-electron chi connectivity index (χ4n) is 0.238. The van der Waals surface area contributed by atoms with Crippen molar-refractivity contribution in [1.82, 2.24) is 16.3 Å². The summed E-state index contributed by atoms with van der Waals surface area (Å²) in [5.41, 5.74) is 6.16. The molecule has 0 radical (unpaired) electrons. The number of urea groups is 1. The number of nitrogens with one attached hydrogen (secondary N) is 3. The zero-order valence-electron chi connectivity index (χ0n) is 5.43. The van der Waals surface area contributed by atoms with Crippen molar-refractivity contribution in [2.24, 2.45) is 0 Å². The van der Waals surface area contributed by atoms with Gasteiger partial charge in [0.15, 0.2) is 0 Å². The molecular weight excluding hydrogens is 122 g/mol. The Kier molecular flexibility index (Phi) is 3.74. The van der Waals surface area contributed by atoms with Crippen LogP contribution in [0, 0.1) is 0 Å². The predicted molar refractivity (Wildman–Crippen MR) is 31.7 cm³/mol. The van der Waals surface area contributed by atoms with Crippen LogP contribution in [-0.4, -0.2) is 17.3 Å². The van der Waals surface area contributed by atoms with E-state index in [2.05, 4.69) is 10.9 Å². The zero-order valence-corrected chi connectivity index (χ0v) is 5.43. The Bertz CT molecular complexity index is 93.8. The Morgan fingerprint density at radius 3 is 2.44 bits per heavy atom. The topological polar surface area (TPSA) is 73.4 Å². The first-order valence-corrected chi connectivity index (χ1v) is 2.62. The number of amides is 2. The van der Waals surface area contributed by atoms with E-state index in [1.54, 1.807) is 0 Å². The summed E-state index contributed by atoms with van der Waals surface area (Å²) in [5.74, 6) is 0. The summed E-state index contributed by atoms with van der Waals surface area (Å²) in [7, 11) is 0. The van der Waals surface area contributed by atoms with Crippen LogP contribution in [0.15, 0.2) is 0 Å². The Morgan fingerprint density at radius 1 is 1.56 bits per heavy atom. The highest BCUT2D eigenvalue weighted by Crippen LogP contribution is 1.69. The van der Waals surface area contributed by atoms with E-state index in [1.165, 1.54) is 5.48 Å². The maximum absolute atomic E-state index is 10.2. The molecule has 5 nitrogen and oxygen atoms in total. The van der Waals surface area contributed by atoms with E-state index in [4.69, 9.17) is 5.21 Å². The highest BCUT2D eigenvalue weighted by molar-refractivity contribution is 5.71. The van der Waals surface area contributed by atoms with Gasteiger partial charge in [0, 0.05) is 6.04 Å². The zero-order chi connectivity index (χ0) is 7.28. The second-order valence-corrected chi connectivity index (χ2v) is 1.86. The van der Waals surface area contributed by atoms with Gasteiger partial charge < -0.3 is 0 Å². The van der Waals surface area contributed by atoms with E-state index in [0.29, 0.717) is 0 Å². The fourth-order valence-corrected chi connectivity index (χ4v) is 0.238. The molecule has 5 heteroatoms. The Hall–Kier alpha value is -0.810. The van der Waals surface area contributed by atoms with Crippen molar-refractivity contribution >= 4 is 6.03 Å². The molecule has 54 valence electrons. The lowest BCUT2D eigenvalue weighted by molar-refractivity contribution is 0.157. The number of rotatable bonds is 2. The SMILES string of the molecule is CC(C)NNC(=O)NO. The molecule has 0 heterocycles. The summed E-state index contributed by atoms with van der Waals surface area (Å²) in [6.45, 7) is 3.72. The smallest absolute Gasteiger partial charge is 0.287 e. The monoisotopic (exact) mass is 133 g/mol. The van der Waals surface area contributed by atoms with Gasteiger partial charge in [0.05, 0.1) is 0 Å². The van der Waals surface area contributed by atoms with Gasteiger partial charge in [-0.25, -0.2) is 15.7 Å². The van der Waals surface area contributed by atoms with E-state index in [9.17, 15) is 4.79 Å². The lowest BCUT2D eigenvalue weighted by Gasteiger charge is -2.07. The molecule has 0 aliphatic heterocycles. The lowest BCUT2D eigenvalue weighted by Crippen LogP contribution is -2.46. The van der Waals surface area contributed by atoms with E-state index >= 15 is 0 Å². The van der Waals surface area contributed by atoms with Crippen LogP contribution in [0.4, 0.5) is 4.79 Å². The number of hydroxylamine groups is 1. The first-order chi connectivity index (χ1) is 4.16. The number of carbonyl (C=O) groups excluding carboxylic acids is 1. The summed E-state index contributed by atoms with van der Waals surface area (Å²) in [4.78, 5) is 10.2. The normalized spacial score (nSPS) is 9.33. The van der Waals surface area contributed by atoms with Crippen molar-refractivity contribution in [2.75, 3.05) is 0 Å². The molecule has 0 saturated carbocycles. The molecule has 4 N–H and O–H groups in total. The van der Waals surface area contributed by atoms with Gasteiger partial charge in [-0.2, -0.15) is 0 Å². The van der Waals surface area contributed by atoms with Crippen molar-refractivity contribution in [1.29, 1.82) is 0 Å². The van der Waals surface area contributed by atoms with Gasteiger partial charge in [-0.05, 0) is 13.8 Å². The third-order valence-electron chi connectivity index (χ3n) is 0.576. The molecule has 0 atom stereocenters. The molecule has 0 fully saturated rings. The standard InChI is InChI=1S/C4H11N3O2/c1-3(2)5-6-4(8)7-9/h3,5,9H,1-2H3,(H2,6,7,8). The summed E-state index contributed by atoms with van der Waals surface area (Å²) in [5, 5.41) is 7.95. The second kappa shape index (κ2) is 4.11. The number of hydrogen-bond acceptors (Lipinski definition) is 3. The quantitative estimate of drug-likeness (QED) is 0.305. The molecule has 0 aromatic carbocycles. The molecule has 0 spiro atoms. The van der Waals surface area contributed by atoms with Crippen LogP contribution < -0.4 is 16.3 Å². The first kappa shape index (κ1) is 8.19. The third-order valence-corrected chi connectivity index (χ3v) is 0.576. The van der Waals surface area contributed by atoms with Crippen LogP contribution in [-0.2, 0) is 0 Å². The van der Waals surface area contributed by atoms with Gasteiger partial charge in [0.1, 0.15) is 0 Å². The Labute approximate surface area is 53.4 Å². The van der Waals surface area contributed by atoms with Gasteiger partial charge >= 0.3 is 6.03 Å². The van der Waals surface area contributed by atoms with Crippen molar-refractivity contribution < 1.29 is 10.0 Å². The molecule has 0 unspecified atom stereocenters. The van der Waals surface area contributed by atoms with Crippen molar-refractivity contribution in [3.8, 4) is 0 Å². The molecule has 0 aliphatic rings. The Morgan fingerprint density at radius 2 is 2.11 bits per heavy atom. The highest BCUT2D eigenvalue weighted by atomic mass is 16.5. The van der Waals surface area contributed by atoms with E-state index < -0.39 is 6.03 Å². The minimum Gasteiger partial charge on any atom is -0.287 e. The van der Waals surface area contributed by atoms with Gasteiger partial charge in [-0.15, -0.1) is 0 Å². The maximum Gasteiger partial charge on any atom is 0.352 e. The Balaban J connectivity index is 3.17. The van der Waals surface area contributed by atoms with Crippen LogP contribution in [0.3, 0.4) is 0 Å². The number of carbonyl (C=O) groups is 1. The molecule has 0 aliphatic carbocycles. The highest BCUT2D eigenvalue weighted by Gasteiger charge is 1.95. The van der Waals surface area contributed by atoms with E-state index in [-0.39, 0.29) is 6.04 Å². The van der Waals surface area contributed by atoms with Crippen LogP contribution in [0.5, 0.6) is 0 Å². The minimum atomic E-state index is -0.663. The average Bonchev–Trinajstić information content (AvgIpc) is 1.83. The van der Waals surface area contributed by atoms with Crippen molar-refractivity contribution in [3.05, 3.63) is 0 Å². The average molecular weight is 133 g/mol. The molecular formula is C4H11N3O2. The molecule has 0 bridgehead atoms. The van der Waals surface area contributed by atoms with Crippen LogP contribution in [0.2, 0.25) is 0 Å². The predicted octanol–water partition coefficient (Wildman–Crippen LogP) is -0.412. The molecule has 2 amide bonds. The minimum absolute atomic E-state index is 0.155. The van der Waals surface area contributed by atoms with Crippen LogP contribution in [0.25, 0.3) is 0 Å². The largest absolute Gasteiger partial charge is 0.352 e. The summed E-state index contributed by atoms with van der Waals surface area (Å²) in [6, 6.07) is -0.508. The second-order valence-electron chi connectivity index (χ2n) is 1.86. The first-order valence-electron chi connectivity index (χ1n) is 2.62. The molecule has 0 aromatic heterocycles. The summed E-state index contributed by atoms with van der Waals surface area (Å²) in [6.07, 6.45) is 0. The van der Waals surface area contributed by atoms with Crippen molar-refractivity contribution in [3.63, 3.8) is 0 Å². The molecule has 9 heavy (non-hydrogen) atoms. The van der Waals surface area contributed by atoms with Crippen LogP contribution in [0.1, 0.15) is 13.8 Å². The number of hydrazine groups is 1. The molecule has 0 aromatic rings. The van der Waals surface area contributed by atoms with Crippen molar-refractivity contribution in [2.45, 2.75) is 19.9 Å². The summed E-state index contributed by atoms with van der Waals surface area (Å²) >= 11 is 0. The fraction of sp³-hybridized carbons (Fsp3) is 0.750. The van der Waals surface area contributed by atoms with Gasteiger partial charge in [0.2, 0.25) is 0 Å². The third kappa shape index (κ3) is 5.05. The van der Waals surface area contributed by atoms with E-state index in [1.807, 2.05) is 13.8 Å². The van der Waals surface area contributed by atoms with Gasteiger partial charge in [-0.3, -0.25) is 10.6 Å². The summed E-state index contributed by atoms with van der Waals surface area (Å²) < 4.78 is 0. The van der Waals surface area contributed by atoms with Crippen LogP contribution >= 0.6 is 0 Å². The molecule has 0 saturated heterocycles. The lowest BCUT2D eigenvalue weighted by atomic mass is 10.4. The van der Waals surface area contributed by atoms with E-state index in [0.717, 1.165) is 0 Å². The number of hydrogen-bond donors (Lipinski definition) is 4. The maximum atomic E-state index is 10.2.